The van der Waals surface area contributed by atoms with Crippen molar-refractivity contribution in [1.82, 2.24) is 10.6 Å². The van der Waals surface area contributed by atoms with Crippen LogP contribution in [0.25, 0.3) is 0 Å². The van der Waals surface area contributed by atoms with E-state index >= 15 is 0 Å². The van der Waals surface area contributed by atoms with Crippen LogP contribution in [0.15, 0.2) is 0 Å². The van der Waals surface area contributed by atoms with E-state index in [0.29, 0.717) is 12.0 Å². The van der Waals surface area contributed by atoms with Crippen molar-refractivity contribution >= 4 is 6.09 Å². The van der Waals surface area contributed by atoms with Crippen LogP contribution in [0.5, 0.6) is 0 Å². The first-order chi connectivity index (χ1) is 10.8. The minimum absolute atomic E-state index is 0.126. The molecule has 5 nitrogen and oxygen atoms in total. The molecule has 2 saturated carbocycles. The maximum atomic E-state index is 12.1. The number of nitrogens with one attached hydrogen (secondary N) is 2. The first kappa shape index (κ1) is 17.0. The van der Waals surface area contributed by atoms with Gasteiger partial charge in [0.15, 0.2) is 0 Å². The number of fused-ring (bicyclic) bond motifs is 1. The van der Waals surface area contributed by atoms with Crippen LogP contribution >= 0.6 is 0 Å². The molecule has 5 atom stereocenters. The summed E-state index contributed by atoms with van der Waals surface area (Å²) in [6, 6.07) is 0.810. The molecule has 23 heavy (non-hydrogen) atoms. The van der Waals surface area contributed by atoms with Crippen LogP contribution in [-0.4, -0.2) is 42.5 Å². The van der Waals surface area contributed by atoms with E-state index in [9.17, 15) is 4.79 Å². The van der Waals surface area contributed by atoms with Gasteiger partial charge in [0.2, 0.25) is 0 Å². The highest BCUT2D eigenvalue weighted by molar-refractivity contribution is 5.68. The van der Waals surface area contributed by atoms with E-state index < -0.39 is 5.60 Å². The van der Waals surface area contributed by atoms with Crippen LogP contribution in [0.4, 0.5) is 4.79 Å². The fraction of sp³-hybridized carbons (Fsp3) is 0.944. The van der Waals surface area contributed by atoms with Gasteiger partial charge in [0, 0.05) is 18.6 Å². The Morgan fingerprint density at radius 2 is 2.00 bits per heavy atom. The minimum atomic E-state index is -0.458. The quantitative estimate of drug-likeness (QED) is 0.816. The zero-order chi connectivity index (χ0) is 16.6. The lowest BCUT2D eigenvalue weighted by atomic mass is 9.71. The van der Waals surface area contributed by atoms with Crippen LogP contribution < -0.4 is 10.6 Å². The van der Waals surface area contributed by atoms with Gasteiger partial charge in [-0.1, -0.05) is 19.3 Å². The van der Waals surface area contributed by atoms with E-state index in [-0.39, 0.29) is 24.3 Å². The molecule has 1 amide bonds. The molecular formula is C18H32N2O3. The number of hydrogen-bond donors (Lipinski definition) is 2. The Morgan fingerprint density at radius 3 is 2.61 bits per heavy atom. The fourth-order valence-electron chi connectivity index (χ4n) is 4.17. The summed E-state index contributed by atoms with van der Waals surface area (Å²) in [7, 11) is 0. The van der Waals surface area contributed by atoms with Gasteiger partial charge in [0.1, 0.15) is 5.60 Å². The van der Waals surface area contributed by atoms with Crippen molar-refractivity contribution in [2.24, 2.45) is 11.8 Å². The molecule has 3 rings (SSSR count). The molecule has 0 radical (unpaired) electrons. The summed E-state index contributed by atoms with van der Waals surface area (Å²) in [5.74, 6) is 1.31. The average Bonchev–Trinajstić information content (AvgIpc) is 2.80. The van der Waals surface area contributed by atoms with Crippen LogP contribution in [0.2, 0.25) is 0 Å². The van der Waals surface area contributed by atoms with Gasteiger partial charge < -0.3 is 20.1 Å². The highest BCUT2D eigenvalue weighted by atomic mass is 16.6. The highest BCUT2D eigenvalue weighted by Gasteiger charge is 2.55. The number of carbonyl (C=O) groups excluding carboxylic acids is 1. The summed E-state index contributed by atoms with van der Waals surface area (Å²) < 4.78 is 11.3. The van der Waals surface area contributed by atoms with Gasteiger partial charge in [-0.05, 0) is 46.5 Å². The van der Waals surface area contributed by atoms with Crippen molar-refractivity contribution in [1.29, 1.82) is 0 Å². The van der Waals surface area contributed by atoms with E-state index in [4.69, 9.17) is 9.47 Å². The van der Waals surface area contributed by atoms with Crippen LogP contribution in [0.3, 0.4) is 0 Å². The molecule has 1 aliphatic heterocycles. The summed E-state index contributed by atoms with van der Waals surface area (Å²) in [5.41, 5.74) is -0.458. The fourth-order valence-corrected chi connectivity index (χ4v) is 4.17. The molecule has 3 fully saturated rings. The van der Waals surface area contributed by atoms with Crippen molar-refractivity contribution in [3.63, 3.8) is 0 Å². The third-order valence-corrected chi connectivity index (χ3v) is 5.46. The Bertz CT molecular complexity index is 430. The molecule has 5 heteroatoms. The molecule has 2 aliphatic carbocycles. The largest absolute Gasteiger partial charge is 0.444 e. The Morgan fingerprint density at radius 1 is 1.26 bits per heavy atom. The summed E-state index contributed by atoms with van der Waals surface area (Å²) in [4.78, 5) is 12.1. The standard InChI is InChI=1S/C18H32N2O3/c1-11(10-12-6-5-7-12)19-15-14(13-8-9-22-16(13)15)20-17(21)23-18(2,3)4/h11-16,19H,5-10H2,1-4H3,(H,20,21). The van der Waals surface area contributed by atoms with Gasteiger partial charge >= 0.3 is 6.09 Å². The minimum Gasteiger partial charge on any atom is -0.444 e. The summed E-state index contributed by atoms with van der Waals surface area (Å²) in [5, 5.41) is 6.79. The van der Waals surface area contributed by atoms with Crippen LogP contribution in [0, 0.1) is 11.8 Å². The molecule has 132 valence electrons. The maximum Gasteiger partial charge on any atom is 0.407 e. The lowest BCUT2D eigenvalue weighted by molar-refractivity contribution is -0.0382. The molecule has 0 bridgehead atoms. The number of ether oxygens (including phenoxy) is 2. The van der Waals surface area contributed by atoms with Gasteiger partial charge in [-0.2, -0.15) is 0 Å². The van der Waals surface area contributed by atoms with Gasteiger partial charge in [-0.3, -0.25) is 0 Å². The summed E-state index contributed by atoms with van der Waals surface area (Å²) in [6.45, 7) is 8.74. The van der Waals surface area contributed by atoms with E-state index in [1.165, 1.54) is 25.7 Å². The van der Waals surface area contributed by atoms with E-state index in [0.717, 1.165) is 18.9 Å². The van der Waals surface area contributed by atoms with Crippen molar-refractivity contribution in [3.8, 4) is 0 Å². The molecule has 3 aliphatic rings. The van der Waals surface area contributed by atoms with Gasteiger partial charge in [0.05, 0.1) is 18.2 Å². The Kier molecular flexibility index (Phi) is 4.88. The van der Waals surface area contributed by atoms with E-state index in [1.54, 1.807) is 0 Å². The topological polar surface area (TPSA) is 59.6 Å². The number of amides is 1. The third kappa shape index (κ3) is 4.00. The van der Waals surface area contributed by atoms with Crippen molar-refractivity contribution in [2.75, 3.05) is 6.61 Å². The van der Waals surface area contributed by atoms with Gasteiger partial charge in [-0.15, -0.1) is 0 Å². The lowest BCUT2D eigenvalue weighted by Gasteiger charge is -2.49. The Hall–Kier alpha value is -0.810. The van der Waals surface area contributed by atoms with Crippen LogP contribution in [0.1, 0.15) is 59.8 Å². The molecule has 0 aromatic rings. The zero-order valence-electron chi connectivity index (χ0n) is 14.9. The lowest BCUT2D eigenvalue weighted by Crippen LogP contribution is -2.71. The molecule has 0 aromatic heterocycles. The van der Waals surface area contributed by atoms with Crippen LogP contribution in [-0.2, 0) is 9.47 Å². The van der Waals surface area contributed by atoms with Gasteiger partial charge in [0.25, 0.3) is 0 Å². The first-order valence-corrected chi connectivity index (χ1v) is 9.20. The van der Waals surface area contributed by atoms with E-state index in [1.807, 2.05) is 20.8 Å². The molecule has 1 heterocycles. The Balaban J connectivity index is 1.53. The third-order valence-electron chi connectivity index (χ3n) is 5.46. The first-order valence-electron chi connectivity index (χ1n) is 9.20. The second-order valence-electron chi connectivity index (χ2n) is 8.59. The van der Waals surface area contributed by atoms with Gasteiger partial charge in [-0.25, -0.2) is 4.79 Å². The summed E-state index contributed by atoms with van der Waals surface area (Å²) in [6.07, 6.45) is 6.33. The predicted molar refractivity (Wildman–Crippen MR) is 89.3 cm³/mol. The summed E-state index contributed by atoms with van der Waals surface area (Å²) >= 11 is 0. The number of alkyl carbamates (subject to hydrolysis) is 1. The number of rotatable bonds is 5. The Labute approximate surface area is 139 Å². The molecule has 2 N–H and O–H groups in total. The second kappa shape index (κ2) is 6.60. The highest BCUT2D eigenvalue weighted by Crippen LogP contribution is 2.40. The maximum absolute atomic E-state index is 12.1. The predicted octanol–water partition coefficient (Wildman–Crippen LogP) is 2.84. The SMILES string of the molecule is CC(CC1CCC1)NC1C(NC(=O)OC(C)(C)C)C2CCOC21. The van der Waals surface area contributed by atoms with Crippen molar-refractivity contribution in [2.45, 2.75) is 89.6 Å². The van der Waals surface area contributed by atoms with Crippen molar-refractivity contribution < 1.29 is 14.3 Å². The zero-order valence-corrected chi connectivity index (χ0v) is 14.9. The van der Waals surface area contributed by atoms with E-state index in [2.05, 4.69) is 17.6 Å². The normalized spacial score (nSPS) is 35.0. The monoisotopic (exact) mass is 324 g/mol. The molecule has 0 aromatic carbocycles. The molecular weight excluding hydrogens is 292 g/mol. The van der Waals surface area contributed by atoms with Crippen molar-refractivity contribution in [3.05, 3.63) is 0 Å². The smallest absolute Gasteiger partial charge is 0.407 e. The molecule has 5 unspecified atom stereocenters. The molecule has 0 spiro atoms. The number of hydrogen-bond acceptors (Lipinski definition) is 4. The average molecular weight is 324 g/mol. The second-order valence-corrected chi connectivity index (χ2v) is 8.59. The molecule has 1 saturated heterocycles. The number of carbonyl (C=O) groups is 1.